The van der Waals surface area contributed by atoms with Gasteiger partial charge in [-0.2, -0.15) is 0 Å². The van der Waals surface area contributed by atoms with Gasteiger partial charge in [-0.1, -0.05) is 47.1 Å². The van der Waals surface area contributed by atoms with E-state index in [-0.39, 0.29) is 12.1 Å². The third-order valence-corrected chi connectivity index (χ3v) is 6.20. The molecule has 5 aromatic rings. The van der Waals surface area contributed by atoms with Crippen LogP contribution in [0.2, 0.25) is 10.0 Å². The Morgan fingerprint density at radius 3 is 2.72 bits per heavy atom. The molecule has 0 atom stereocenters. The summed E-state index contributed by atoms with van der Waals surface area (Å²) in [6, 6.07) is 15.8. The van der Waals surface area contributed by atoms with Crippen molar-refractivity contribution in [2.24, 2.45) is 0 Å². The van der Waals surface area contributed by atoms with Crippen molar-refractivity contribution in [2.75, 3.05) is 0 Å². The first-order valence-electron chi connectivity index (χ1n) is 9.51. The molecule has 0 radical (unpaired) electrons. The van der Waals surface area contributed by atoms with Crippen molar-refractivity contribution in [3.63, 3.8) is 0 Å². The molecule has 10 heteroatoms. The summed E-state index contributed by atoms with van der Waals surface area (Å²) in [5.74, 6) is 1.67. The summed E-state index contributed by atoms with van der Waals surface area (Å²) in [4.78, 5) is 17.8. The second-order valence-electron chi connectivity index (χ2n) is 6.80. The number of fused-ring (bicyclic) bond motifs is 1. The fourth-order valence-corrected chi connectivity index (χ4v) is 4.38. The number of benzene rings is 2. The highest BCUT2D eigenvalue weighted by Crippen LogP contribution is 2.28. The van der Waals surface area contributed by atoms with Crippen LogP contribution in [-0.4, -0.2) is 19.7 Å². The van der Waals surface area contributed by atoms with Gasteiger partial charge in [0.2, 0.25) is 11.8 Å². The minimum Gasteiger partial charge on any atom is -0.467 e. The minimum absolute atomic E-state index is 0.187. The third-order valence-electron chi connectivity index (χ3n) is 4.67. The number of aromatic nitrogens is 4. The number of nitrogens with zero attached hydrogens (tertiary/aromatic N) is 4. The van der Waals surface area contributed by atoms with Crippen LogP contribution in [0.25, 0.3) is 22.4 Å². The van der Waals surface area contributed by atoms with Crippen molar-refractivity contribution >= 4 is 45.9 Å². The van der Waals surface area contributed by atoms with E-state index in [2.05, 4.69) is 15.2 Å². The molecule has 160 valence electrons. The second kappa shape index (κ2) is 8.82. The van der Waals surface area contributed by atoms with Crippen LogP contribution in [0.1, 0.15) is 11.7 Å². The Morgan fingerprint density at radius 2 is 1.91 bits per heavy atom. The summed E-state index contributed by atoms with van der Waals surface area (Å²) < 4.78 is 12.8. The fraction of sp³-hybridized carbons (Fsp3) is 0.0909. The molecule has 0 saturated heterocycles. The van der Waals surface area contributed by atoms with E-state index < -0.39 is 0 Å². The molecule has 0 N–H and O–H groups in total. The van der Waals surface area contributed by atoms with Gasteiger partial charge in [-0.05, 0) is 42.5 Å². The molecule has 0 aliphatic carbocycles. The molecular weight excluding hydrogens is 471 g/mol. The highest BCUT2D eigenvalue weighted by molar-refractivity contribution is 7.98. The smallest absolute Gasteiger partial charge is 0.262 e. The van der Waals surface area contributed by atoms with Gasteiger partial charge in [0.05, 0.1) is 40.0 Å². The first-order chi connectivity index (χ1) is 15.6. The molecule has 0 amide bonds. The van der Waals surface area contributed by atoms with Gasteiger partial charge in [0.1, 0.15) is 5.76 Å². The van der Waals surface area contributed by atoms with Crippen molar-refractivity contribution in [2.45, 2.75) is 17.5 Å². The van der Waals surface area contributed by atoms with Gasteiger partial charge >= 0.3 is 0 Å². The third kappa shape index (κ3) is 4.17. The average Bonchev–Trinajstić information content (AvgIpc) is 3.47. The van der Waals surface area contributed by atoms with Crippen LogP contribution in [0.15, 0.2) is 79.6 Å². The van der Waals surface area contributed by atoms with Crippen molar-refractivity contribution < 1.29 is 8.83 Å². The molecule has 0 aliphatic rings. The first kappa shape index (κ1) is 20.8. The van der Waals surface area contributed by atoms with Crippen molar-refractivity contribution in [1.82, 2.24) is 19.7 Å². The Bertz CT molecular complexity index is 1460. The molecule has 0 fully saturated rings. The Labute approximate surface area is 196 Å². The van der Waals surface area contributed by atoms with Crippen LogP contribution in [0, 0.1) is 0 Å². The van der Waals surface area contributed by atoms with Gasteiger partial charge in [-0.15, -0.1) is 10.2 Å². The molecule has 0 spiro atoms. The largest absolute Gasteiger partial charge is 0.467 e. The van der Waals surface area contributed by atoms with Gasteiger partial charge in [0.15, 0.2) is 5.16 Å². The molecule has 5 rings (SSSR count). The summed E-state index contributed by atoms with van der Waals surface area (Å²) in [7, 11) is 0. The maximum Gasteiger partial charge on any atom is 0.262 e. The lowest BCUT2D eigenvalue weighted by Gasteiger charge is -2.11. The van der Waals surface area contributed by atoms with Crippen molar-refractivity contribution in [3.05, 3.63) is 92.9 Å². The topological polar surface area (TPSA) is 87.0 Å². The number of furan rings is 1. The minimum atomic E-state index is -0.187. The zero-order valence-electron chi connectivity index (χ0n) is 16.4. The lowest BCUT2D eigenvalue weighted by Crippen LogP contribution is -2.23. The Kier molecular flexibility index (Phi) is 5.73. The molecule has 32 heavy (non-hydrogen) atoms. The van der Waals surface area contributed by atoms with E-state index in [0.29, 0.717) is 55.0 Å². The van der Waals surface area contributed by atoms with Crippen molar-refractivity contribution in [3.8, 4) is 11.5 Å². The molecule has 0 unspecified atom stereocenters. The molecule has 0 aliphatic heterocycles. The average molecular weight is 485 g/mol. The van der Waals surface area contributed by atoms with Crippen LogP contribution in [0.4, 0.5) is 0 Å². The normalized spacial score (nSPS) is 11.3. The highest BCUT2D eigenvalue weighted by Gasteiger charge is 2.16. The summed E-state index contributed by atoms with van der Waals surface area (Å²) in [5, 5.41) is 10.2. The molecule has 3 heterocycles. The van der Waals surface area contributed by atoms with Crippen LogP contribution in [-0.2, 0) is 12.3 Å². The van der Waals surface area contributed by atoms with Gasteiger partial charge in [0.25, 0.3) is 5.56 Å². The Hall–Kier alpha value is -3.07. The summed E-state index contributed by atoms with van der Waals surface area (Å²) in [5.41, 5.74) is 0.988. The van der Waals surface area contributed by atoms with Crippen LogP contribution in [0.3, 0.4) is 0 Å². The molecule has 0 bridgehead atoms. The van der Waals surface area contributed by atoms with Gasteiger partial charge in [0, 0.05) is 5.02 Å². The predicted molar refractivity (Wildman–Crippen MR) is 123 cm³/mol. The maximum atomic E-state index is 13.2. The Balaban J connectivity index is 1.48. The standard InChI is InChI=1S/C22H14Cl2N4O3S/c23-13-7-8-16-18(10-13)25-22(28(21(16)29)11-14-4-3-9-30-14)32-12-19-26-27-20(31-19)15-5-1-2-6-17(15)24/h1-10H,11-12H2. The number of rotatable bonds is 6. The Morgan fingerprint density at radius 1 is 1.03 bits per heavy atom. The first-order valence-corrected chi connectivity index (χ1v) is 11.3. The molecule has 7 nitrogen and oxygen atoms in total. The van der Waals surface area contributed by atoms with E-state index in [1.807, 2.05) is 18.2 Å². The number of hydrogen-bond acceptors (Lipinski definition) is 7. The molecule has 2 aromatic carbocycles. The van der Waals surface area contributed by atoms with Gasteiger partial charge in [-0.3, -0.25) is 9.36 Å². The molecule has 3 aromatic heterocycles. The summed E-state index contributed by atoms with van der Waals surface area (Å²) >= 11 is 13.6. The lowest BCUT2D eigenvalue weighted by atomic mass is 10.2. The summed E-state index contributed by atoms with van der Waals surface area (Å²) in [6.07, 6.45) is 1.57. The van der Waals surface area contributed by atoms with E-state index in [0.717, 1.165) is 0 Å². The number of thioether (sulfide) groups is 1. The van der Waals surface area contributed by atoms with E-state index in [4.69, 9.17) is 32.0 Å². The molecular formula is C22H14Cl2N4O3S. The number of halogens is 2. The predicted octanol–water partition coefficient (Wildman–Crippen LogP) is 5.69. The zero-order chi connectivity index (χ0) is 22.1. The van der Waals surface area contributed by atoms with Crippen LogP contribution in [0.5, 0.6) is 0 Å². The highest BCUT2D eigenvalue weighted by atomic mass is 35.5. The monoisotopic (exact) mass is 484 g/mol. The zero-order valence-corrected chi connectivity index (χ0v) is 18.7. The maximum absolute atomic E-state index is 13.2. The number of hydrogen-bond donors (Lipinski definition) is 0. The quantitative estimate of drug-likeness (QED) is 0.226. The van der Waals surface area contributed by atoms with E-state index in [1.165, 1.54) is 11.8 Å². The summed E-state index contributed by atoms with van der Waals surface area (Å²) in [6.45, 7) is 0.244. The van der Waals surface area contributed by atoms with E-state index in [9.17, 15) is 4.79 Å². The van der Waals surface area contributed by atoms with Crippen molar-refractivity contribution in [1.29, 1.82) is 0 Å². The SMILES string of the molecule is O=c1c2ccc(Cl)cc2nc(SCc2nnc(-c3ccccc3Cl)o2)n1Cc1ccco1. The van der Waals surface area contributed by atoms with E-state index >= 15 is 0 Å². The van der Waals surface area contributed by atoms with Crippen LogP contribution < -0.4 is 5.56 Å². The fourth-order valence-electron chi connectivity index (χ4n) is 3.16. The van der Waals surface area contributed by atoms with Crippen LogP contribution >= 0.6 is 35.0 Å². The second-order valence-corrected chi connectivity index (χ2v) is 8.58. The molecule has 0 saturated carbocycles. The lowest BCUT2D eigenvalue weighted by molar-refractivity contribution is 0.476. The van der Waals surface area contributed by atoms with E-state index in [1.54, 1.807) is 47.2 Å². The van der Waals surface area contributed by atoms with Gasteiger partial charge in [-0.25, -0.2) is 4.98 Å². The van der Waals surface area contributed by atoms with Gasteiger partial charge < -0.3 is 8.83 Å².